The Kier molecular flexibility index (Phi) is 5.27. The zero-order chi connectivity index (χ0) is 21.3. The molecule has 2 N–H and O–H groups in total. The lowest BCUT2D eigenvalue weighted by atomic mass is 10.1. The highest BCUT2D eigenvalue weighted by molar-refractivity contribution is 5.96. The third kappa shape index (κ3) is 4.05. The number of carbonyl (C=O) groups excluding carboxylic acids is 2. The minimum atomic E-state index is -0.139. The Balaban J connectivity index is 1.46. The van der Waals surface area contributed by atoms with Gasteiger partial charge in [-0.2, -0.15) is 0 Å². The predicted molar refractivity (Wildman–Crippen MR) is 117 cm³/mol. The zero-order valence-corrected chi connectivity index (χ0v) is 17.2. The number of carbonyl (C=O) groups is 2. The van der Waals surface area contributed by atoms with Gasteiger partial charge in [0.15, 0.2) is 5.82 Å². The van der Waals surface area contributed by atoms with E-state index >= 15 is 0 Å². The predicted octanol–water partition coefficient (Wildman–Crippen LogP) is 3.95. The van der Waals surface area contributed by atoms with Crippen molar-refractivity contribution in [1.29, 1.82) is 0 Å². The third-order valence-electron chi connectivity index (χ3n) is 5.18. The van der Waals surface area contributed by atoms with Crippen LogP contribution in [-0.2, 0) is 16.1 Å². The van der Waals surface area contributed by atoms with Gasteiger partial charge in [0.25, 0.3) is 0 Å². The maximum Gasteiger partial charge on any atom is 0.246 e. The van der Waals surface area contributed by atoms with Crippen LogP contribution in [-0.4, -0.2) is 34.8 Å². The van der Waals surface area contributed by atoms with Crippen LogP contribution in [0.5, 0.6) is 0 Å². The van der Waals surface area contributed by atoms with E-state index in [0.717, 1.165) is 33.5 Å². The molecule has 0 fully saturated rings. The lowest BCUT2D eigenvalue weighted by Gasteiger charge is -2.14. The molecular formula is C23H24N4O3. The molecular weight excluding hydrogens is 380 g/mol. The molecule has 7 nitrogen and oxygen atoms in total. The number of furan rings is 1. The fraction of sp³-hybridized carbons (Fsp3) is 0.261. The largest absolute Gasteiger partial charge is 0.459 e. The molecule has 0 bridgehead atoms. The molecule has 1 aliphatic rings. The standard InChI is InChI=1S/C23H24N4O3/c1-14-10-21(28)26-23-18(25-14)11-16(12-24-23)8-9-22(29)27(3)13-20-15(2)17-6-4-5-7-19(17)30-20/h4-9,11-12,14,25H,10,13H2,1-3H3,(H,24,26,28)/b9-8+. The highest BCUT2D eigenvalue weighted by Crippen LogP contribution is 2.27. The number of hydrogen-bond acceptors (Lipinski definition) is 5. The number of anilines is 2. The molecule has 4 rings (SSSR count). The lowest BCUT2D eigenvalue weighted by molar-refractivity contribution is -0.125. The second kappa shape index (κ2) is 8.02. The summed E-state index contributed by atoms with van der Waals surface area (Å²) in [5.41, 5.74) is 3.39. The number of likely N-dealkylation sites (N-methyl/N-ethyl adjacent to an activating group) is 1. The van der Waals surface area contributed by atoms with E-state index in [1.54, 1.807) is 24.2 Å². The summed E-state index contributed by atoms with van der Waals surface area (Å²) in [6, 6.07) is 9.73. The minimum Gasteiger partial charge on any atom is -0.459 e. The molecule has 0 saturated heterocycles. The van der Waals surface area contributed by atoms with Crippen LogP contribution in [0.15, 0.2) is 47.0 Å². The van der Waals surface area contributed by atoms with Crippen molar-refractivity contribution < 1.29 is 14.0 Å². The van der Waals surface area contributed by atoms with E-state index in [0.29, 0.717) is 18.8 Å². The average molecular weight is 404 g/mol. The molecule has 1 atom stereocenters. The van der Waals surface area contributed by atoms with Crippen LogP contribution in [0.4, 0.5) is 11.5 Å². The molecule has 1 aliphatic heterocycles. The van der Waals surface area contributed by atoms with Crippen molar-refractivity contribution in [2.75, 3.05) is 17.7 Å². The van der Waals surface area contributed by atoms with Crippen molar-refractivity contribution in [3.8, 4) is 0 Å². The van der Waals surface area contributed by atoms with Gasteiger partial charge in [0, 0.05) is 42.7 Å². The highest BCUT2D eigenvalue weighted by atomic mass is 16.3. The maximum absolute atomic E-state index is 12.6. The summed E-state index contributed by atoms with van der Waals surface area (Å²) in [4.78, 5) is 30.3. The summed E-state index contributed by atoms with van der Waals surface area (Å²) in [6.45, 7) is 4.33. The van der Waals surface area contributed by atoms with Crippen LogP contribution in [0.1, 0.15) is 30.2 Å². The monoisotopic (exact) mass is 404 g/mol. The van der Waals surface area contributed by atoms with Gasteiger partial charge in [-0.25, -0.2) is 4.98 Å². The summed E-state index contributed by atoms with van der Waals surface area (Å²) >= 11 is 0. The number of benzene rings is 1. The SMILES string of the molecule is Cc1c(CN(C)C(=O)/C=C/c2cnc3c(c2)NC(C)CC(=O)N3)oc2ccccc12. The van der Waals surface area contributed by atoms with Gasteiger partial charge in [-0.05, 0) is 37.6 Å². The molecule has 1 unspecified atom stereocenters. The smallest absolute Gasteiger partial charge is 0.246 e. The minimum absolute atomic E-state index is 0.00657. The van der Waals surface area contributed by atoms with Crippen LogP contribution in [0, 0.1) is 6.92 Å². The normalized spacial score (nSPS) is 16.1. The molecule has 2 amide bonds. The second-order valence-corrected chi connectivity index (χ2v) is 7.64. The third-order valence-corrected chi connectivity index (χ3v) is 5.18. The van der Waals surface area contributed by atoms with E-state index in [4.69, 9.17) is 4.42 Å². The Morgan fingerprint density at radius 1 is 1.37 bits per heavy atom. The number of para-hydroxylation sites is 1. The first kappa shape index (κ1) is 19.7. The topological polar surface area (TPSA) is 87.5 Å². The number of pyridine rings is 1. The van der Waals surface area contributed by atoms with Gasteiger partial charge in [-0.3, -0.25) is 9.59 Å². The van der Waals surface area contributed by atoms with Crippen LogP contribution >= 0.6 is 0 Å². The number of aryl methyl sites for hydroxylation is 1. The number of fused-ring (bicyclic) bond motifs is 2. The van der Waals surface area contributed by atoms with Gasteiger partial charge in [-0.1, -0.05) is 18.2 Å². The zero-order valence-electron chi connectivity index (χ0n) is 17.2. The summed E-state index contributed by atoms with van der Waals surface area (Å²) in [6.07, 6.45) is 5.24. The molecule has 3 heterocycles. The van der Waals surface area contributed by atoms with Crippen molar-refractivity contribution in [2.24, 2.45) is 0 Å². The van der Waals surface area contributed by atoms with Crippen molar-refractivity contribution in [2.45, 2.75) is 32.9 Å². The van der Waals surface area contributed by atoms with Crippen LogP contribution in [0.25, 0.3) is 17.0 Å². The molecule has 0 saturated carbocycles. The molecule has 7 heteroatoms. The Morgan fingerprint density at radius 3 is 2.97 bits per heavy atom. The molecule has 0 radical (unpaired) electrons. The van der Waals surface area contributed by atoms with Gasteiger partial charge >= 0.3 is 0 Å². The average Bonchev–Trinajstić information content (AvgIpc) is 2.94. The summed E-state index contributed by atoms with van der Waals surface area (Å²) < 4.78 is 5.90. The fourth-order valence-corrected chi connectivity index (χ4v) is 3.52. The summed E-state index contributed by atoms with van der Waals surface area (Å²) in [5, 5.41) is 7.12. The van der Waals surface area contributed by atoms with Crippen molar-refractivity contribution in [3.05, 3.63) is 59.5 Å². The van der Waals surface area contributed by atoms with E-state index in [2.05, 4.69) is 15.6 Å². The van der Waals surface area contributed by atoms with Crippen molar-refractivity contribution >= 4 is 40.4 Å². The quantitative estimate of drug-likeness (QED) is 0.643. The van der Waals surface area contributed by atoms with Crippen LogP contribution < -0.4 is 10.6 Å². The number of aromatic nitrogens is 1. The molecule has 0 aliphatic carbocycles. The van der Waals surface area contributed by atoms with Gasteiger partial charge < -0.3 is 20.0 Å². The number of rotatable bonds is 4. The molecule has 154 valence electrons. The Labute approximate surface area is 174 Å². The molecule has 2 aromatic heterocycles. The Hall–Kier alpha value is -3.61. The summed E-state index contributed by atoms with van der Waals surface area (Å²) in [5.74, 6) is 1.08. The molecule has 1 aromatic carbocycles. The van der Waals surface area contributed by atoms with E-state index in [-0.39, 0.29) is 17.9 Å². The first-order valence-electron chi connectivity index (χ1n) is 9.87. The van der Waals surface area contributed by atoms with E-state index in [9.17, 15) is 9.59 Å². The molecule has 30 heavy (non-hydrogen) atoms. The van der Waals surface area contributed by atoms with Gasteiger partial charge in [0.05, 0.1) is 12.2 Å². The van der Waals surface area contributed by atoms with Crippen LogP contribution in [0.2, 0.25) is 0 Å². The first-order valence-corrected chi connectivity index (χ1v) is 9.87. The lowest BCUT2D eigenvalue weighted by Crippen LogP contribution is -2.24. The van der Waals surface area contributed by atoms with E-state index < -0.39 is 0 Å². The summed E-state index contributed by atoms with van der Waals surface area (Å²) in [7, 11) is 1.74. The van der Waals surface area contributed by atoms with Gasteiger partial charge in [-0.15, -0.1) is 0 Å². The number of nitrogens with zero attached hydrogens (tertiary/aromatic N) is 2. The number of amides is 2. The Morgan fingerprint density at radius 2 is 2.17 bits per heavy atom. The second-order valence-electron chi connectivity index (χ2n) is 7.64. The van der Waals surface area contributed by atoms with Gasteiger partial charge in [0.1, 0.15) is 11.3 Å². The number of nitrogens with one attached hydrogen (secondary N) is 2. The maximum atomic E-state index is 12.6. The molecule has 3 aromatic rings. The van der Waals surface area contributed by atoms with E-state index in [1.807, 2.05) is 44.2 Å². The van der Waals surface area contributed by atoms with Crippen molar-refractivity contribution in [1.82, 2.24) is 9.88 Å². The van der Waals surface area contributed by atoms with Gasteiger partial charge in [0.2, 0.25) is 11.8 Å². The van der Waals surface area contributed by atoms with Crippen LogP contribution in [0.3, 0.4) is 0 Å². The van der Waals surface area contributed by atoms with E-state index in [1.165, 1.54) is 6.08 Å². The number of hydrogen-bond donors (Lipinski definition) is 2. The van der Waals surface area contributed by atoms with Crippen molar-refractivity contribution in [3.63, 3.8) is 0 Å². The highest BCUT2D eigenvalue weighted by Gasteiger charge is 2.18. The first-order chi connectivity index (χ1) is 14.4. The Bertz CT molecular complexity index is 1150. The fourth-order valence-electron chi connectivity index (χ4n) is 3.52. The molecule has 0 spiro atoms.